The van der Waals surface area contributed by atoms with Gasteiger partial charge in [0.25, 0.3) is 0 Å². The summed E-state index contributed by atoms with van der Waals surface area (Å²) >= 11 is 6.13. The zero-order chi connectivity index (χ0) is 24.2. The van der Waals surface area contributed by atoms with E-state index in [4.69, 9.17) is 26.0 Å². The lowest BCUT2D eigenvalue weighted by Crippen LogP contribution is -2.33. The Labute approximate surface area is 213 Å². The summed E-state index contributed by atoms with van der Waals surface area (Å²) in [5.41, 5.74) is 7.25. The van der Waals surface area contributed by atoms with Crippen molar-refractivity contribution >= 4 is 28.2 Å². The van der Waals surface area contributed by atoms with Gasteiger partial charge in [0.1, 0.15) is 11.3 Å². The molecule has 3 heterocycles. The fourth-order valence-electron chi connectivity index (χ4n) is 5.10. The second kappa shape index (κ2) is 8.25. The van der Waals surface area contributed by atoms with E-state index in [9.17, 15) is 0 Å². The Morgan fingerprint density at radius 1 is 0.889 bits per heavy atom. The minimum Gasteiger partial charge on any atom is -0.464 e. The molecule has 2 unspecified atom stereocenters. The van der Waals surface area contributed by atoms with Gasteiger partial charge in [-0.3, -0.25) is 0 Å². The monoisotopic (exact) mass is 491 g/mol. The van der Waals surface area contributed by atoms with E-state index in [1.807, 2.05) is 42.5 Å². The van der Waals surface area contributed by atoms with Crippen LogP contribution < -0.4 is 4.74 Å². The molecule has 2 aliphatic rings. The molecule has 36 heavy (non-hydrogen) atoms. The van der Waals surface area contributed by atoms with Crippen LogP contribution in [0.1, 0.15) is 40.9 Å². The number of rotatable bonds is 3. The Hall–Kier alpha value is -4.09. The third kappa shape index (κ3) is 3.47. The largest absolute Gasteiger partial charge is 0.464 e. The summed E-state index contributed by atoms with van der Waals surface area (Å²) in [6.45, 7) is 2.07. The number of ether oxygens (including phenoxy) is 1. The van der Waals surface area contributed by atoms with Gasteiger partial charge in [0.15, 0.2) is 5.76 Å². The quantitative estimate of drug-likeness (QED) is 0.259. The van der Waals surface area contributed by atoms with Crippen molar-refractivity contribution in [2.75, 3.05) is 0 Å². The SMILES string of the molecule is Cc1ccc(-c2onc3ccc(C4Oc5ccccc5C5CC(c6ccc(Cl)cc6)=NN54)cc23)cc1. The van der Waals surface area contributed by atoms with Crippen LogP contribution in [0.4, 0.5) is 0 Å². The molecule has 7 rings (SSSR count). The first-order valence-electron chi connectivity index (χ1n) is 12.0. The van der Waals surface area contributed by atoms with E-state index in [1.165, 1.54) is 5.56 Å². The van der Waals surface area contributed by atoms with Gasteiger partial charge in [-0.05, 0) is 42.8 Å². The van der Waals surface area contributed by atoms with Gasteiger partial charge in [0, 0.05) is 28.1 Å². The number of hydrogen-bond acceptors (Lipinski definition) is 5. The smallest absolute Gasteiger partial charge is 0.213 e. The average Bonchev–Trinajstić information content (AvgIpc) is 3.54. The van der Waals surface area contributed by atoms with Crippen LogP contribution in [0.25, 0.3) is 22.2 Å². The average molecular weight is 492 g/mol. The van der Waals surface area contributed by atoms with Crippen molar-refractivity contribution in [3.63, 3.8) is 0 Å². The van der Waals surface area contributed by atoms with E-state index in [-0.39, 0.29) is 12.3 Å². The van der Waals surface area contributed by atoms with Crippen molar-refractivity contribution in [3.05, 3.63) is 118 Å². The molecule has 0 fully saturated rings. The van der Waals surface area contributed by atoms with E-state index in [1.54, 1.807) is 0 Å². The van der Waals surface area contributed by atoms with E-state index >= 15 is 0 Å². The molecule has 1 aromatic heterocycles. The maximum absolute atomic E-state index is 6.57. The van der Waals surface area contributed by atoms with Gasteiger partial charge in [-0.25, -0.2) is 5.01 Å². The van der Waals surface area contributed by atoms with Crippen molar-refractivity contribution in [1.82, 2.24) is 10.2 Å². The fourth-order valence-corrected chi connectivity index (χ4v) is 5.22. The van der Waals surface area contributed by atoms with Gasteiger partial charge in [0.05, 0.1) is 17.1 Å². The number of benzene rings is 4. The number of halogens is 1. The van der Waals surface area contributed by atoms with Gasteiger partial charge < -0.3 is 9.26 Å². The summed E-state index contributed by atoms with van der Waals surface area (Å²) in [5, 5.41) is 13.1. The molecule has 0 aliphatic carbocycles. The van der Waals surface area contributed by atoms with Crippen LogP contribution in [0.3, 0.4) is 0 Å². The van der Waals surface area contributed by atoms with Crippen LogP contribution in [0.2, 0.25) is 5.02 Å². The molecule has 0 amide bonds. The van der Waals surface area contributed by atoms with Gasteiger partial charge in [0.2, 0.25) is 6.23 Å². The standard InChI is InChI=1S/C30H22ClN3O2/c1-18-6-8-20(9-7-18)29-24-16-21(12-15-25(24)33-36-29)30-34-27(23-4-2-3-5-28(23)35-30)17-26(32-34)19-10-13-22(31)14-11-19/h2-16,27,30H,17H2,1H3. The molecule has 5 aromatic rings. The third-order valence-electron chi connectivity index (χ3n) is 6.98. The second-order valence-electron chi connectivity index (χ2n) is 9.32. The molecule has 0 radical (unpaired) electrons. The van der Waals surface area contributed by atoms with Gasteiger partial charge >= 0.3 is 0 Å². The van der Waals surface area contributed by atoms with Crippen LogP contribution in [-0.2, 0) is 0 Å². The lowest BCUT2D eigenvalue weighted by atomic mass is 9.95. The first-order chi connectivity index (χ1) is 17.6. The number of hydrogen-bond donors (Lipinski definition) is 0. The number of fused-ring (bicyclic) bond motifs is 4. The van der Waals surface area contributed by atoms with E-state index in [0.29, 0.717) is 5.02 Å². The molecule has 2 aliphatic heterocycles. The predicted octanol–water partition coefficient (Wildman–Crippen LogP) is 7.70. The zero-order valence-electron chi connectivity index (χ0n) is 19.6. The van der Waals surface area contributed by atoms with Crippen LogP contribution in [0.5, 0.6) is 5.75 Å². The summed E-state index contributed by atoms with van der Waals surface area (Å²) < 4.78 is 12.3. The van der Waals surface area contributed by atoms with Gasteiger partial charge in [-0.1, -0.05) is 83.0 Å². The summed E-state index contributed by atoms with van der Waals surface area (Å²) in [7, 11) is 0. The molecule has 5 nitrogen and oxygen atoms in total. The summed E-state index contributed by atoms with van der Waals surface area (Å²) in [4.78, 5) is 0. The Morgan fingerprint density at radius 3 is 2.50 bits per heavy atom. The molecule has 6 heteroatoms. The number of aryl methyl sites for hydroxylation is 1. The van der Waals surface area contributed by atoms with E-state index in [0.717, 1.165) is 56.8 Å². The summed E-state index contributed by atoms with van der Waals surface area (Å²) in [6, 6.07) is 30.6. The van der Waals surface area contributed by atoms with Crippen LogP contribution >= 0.6 is 11.6 Å². The van der Waals surface area contributed by atoms with Crippen LogP contribution in [-0.4, -0.2) is 15.9 Å². The number of para-hydroxylation sites is 1. The van der Waals surface area contributed by atoms with E-state index in [2.05, 4.69) is 65.6 Å². The highest BCUT2D eigenvalue weighted by molar-refractivity contribution is 6.30. The molecule has 176 valence electrons. The van der Waals surface area contributed by atoms with Crippen molar-refractivity contribution in [2.24, 2.45) is 5.10 Å². The normalized spacial score (nSPS) is 18.5. The number of nitrogens with zero attached hydrogens (tertiary/aromatic N) is 3. The number of aromatic nitrogens is 1. The molecule has 0 saturated heterocycles. The second-order valence-corrected chi connectivity index (χ2v) is 9.75. The Balaban J connectivity index is 1.33. The maximum Gasteiger partial charge on any atom is 0.213 e. The highest BCUT2D eigenvalue weighted by Gasteiger charge is 2.41. The molecule has 0 spiro atoms. The molecule has 4 aromatic carbocycles. The first-order valence-corrected chi connectivity index (χ1v) is 12.4. The highest BCUT2D eigenvalue weighted by atomic mass is 35.5. The Bertz CT molecular complexity index is 1620. The first kappa shape index (κ1) is 21.2. The predicted molar refractivity (Wildman–Crippen MR) is 141 cm³/mol. The highest BCUT2D eigenvalue weighted by Crippen LogP contribution is 2.48. The van der Waals surface area contributed by atoms with Crippen molar-refractivity contribution in [3.8, 4) is 17.1 Å². The summed E-state index contributed by atoms with van der Waals surface area (Å²) in [5.74, 6) is 1.65. The summed E-state index contributed by atoms with van der Waals surface area (Å²) in [6.07, 6.45) is 0.419. The third-order valence-corrected chi connectivity index (χ3v) is 7.23. The molecule has 0 bridgehead atoms. The molecule has 0 saturated carbocycles. The minimum absolute atomic E-state index is 0.0837. The van der Waals surface area contributed by atoms with Crippen molar-refractivity contribution in [2.45, 2.75) is 25.6 Å². The Kier molecular flexibility index (Phi) is 4.86. The van der Waals surface area contributed by atoms with Gasteiger partial charge in [-0.2, -0.15) is 5.10 Å². The van der Waals surface area contributed by atoms with Crippen LogP contribution in [0.15, 0.2) is 101 Å². The molecular formula is C30H22ClN3O2. The molecular weight excluding hydrogens is 470 g/mol. The maximum atomic E-state index is 6.57. The lowest BCUT2D eigenvalue weighted by molar-refractivity contribution is -0.0189. The van der Waals surface area contributed by atoms with Crippen LogP contribution in [0, 0.1) is 6.92 Å². The number of hydrazone groups is 1. The topological polar surface area (TPSA) is 50.9 Å². The lowest BCUT2D eigenvalue weighted by Gasteiger charge is -2.38. The van der Waals surface area contributed by atoms with E-state index < -0.39 is 0 Å². The van der Waals surface area contributed by atoms with Gasteiger partial charge in [-0.15, -0.1) is 0 Å². The van der Waals surface area contributed by atoms with Crippen molar-refractivity contribution in [1.29, 1.82) is 0 Å². The fraction of sp³-hybridized carbons (Fsp3) is 0.133. The zero-order valence-corrected chi connectivity index (χ0v) is 20.3. The Morgan fingerprint density at radius 2 is 1.67 bits per heavy atom. The molecule has 0 N–H and O–H groups in total. The minimum atomic E-state index is -0.375. The van der Waals surface area contributed by atoms with Crippen molar-refractivity contribution < 1.29 is 9.26 Å². The molecule has 2 atom stereocenters.